The zero-order valence-electron chi connectivity index (χ0n) is 7.94. The van der Waals surface area contributed by atoms with Gasteiger partial charge in [-0.3, -0.25) is 4.79 Å². The Kier molecular flexibility index (Phi) is 8.26. The zero-order valence-corrected chi connectivity index (χ0v) is 10.8. The van der Waals surface area contributed by atoms with Gasteiger partial charge < -0.3 is 9.29 Å². The summed E-state index contributed by atoms with van der Waals surface area (Å²) in [6.07, 6.45) is 0.553. The van der Waals surface area contributed by atoms with Gasteiger partial charge in [0.1, 0.15) is 10.1 Å². The van der Waals surface area contributed by atoms with E-state index in [1.54, 1.807) is 13.8 Å². The fourth-order valence-electron chi connectivity index (χ4n) is 0.439. The summed E-state index contributed by atoms with van der Waals surface area (Å²) >= 11 is 0. The average molecular weight is 218 g/mol. The molecular weight excluding hydrogens is 207 g/mol. The van der Waals surface area contributed by atoms with E-state index in [0.29, 0.717) is 6.42 Å². The molecule has 0 spiro atoms. The number of carbonyl (C=O) groups excluding carboxylic acids is 1. The van der Waals surface area contributed by atoms with Crippen molar-refractivity contribution < 1.29 is 52.1 Å². The van der Waals surface area contributed by atoms with E-state index in [2.05, 4.69) is 4.74 Å². The quantitative estimate of drug-likeness (QED) is 0.287. The Hall–Kier alpha value is 0.380. The first-order chi connectivity index (χ1) is 5.37. The molecule has 72 valence electrons. The Morgan fingerprint density at radius 3 is 2.31 bits per heavy atom. The third-order valence-corrected chi connectivity index (χ3v) is 1.77. The number of esters is 1. The van der Waals surface area contributed by atoms with Gasteiger partial charge in [0, 0.05) is 0 Å². The molecule has 0 bridgehead atoms. The van der Waals surface area contributed by atoms with Crippen LogP contribution in [0.25, 0.3) is 0 Å². The molecule has 5 nitrogen and oxygen atoms in total. The summed E-state index contributed by atoms with van der Waals surface area (Å²) in [7, 11) is -4.45. The molecule has 0 amide bonds. The van der Waals surface area contributed by atoms with Gasteiger partial charge in [-0.2, -0.15) is 0 Å². The van der Waals surface area contributed by atoms with E-state index in [1.807, 2.05) is 0 Å². The van der Waals surface area contributed by atoms with E-state index in [4.69, 9.17) is 0 Å². The van der Waals surface area contributed by atoms with Gasteiger partial charge in [-0.1, -0.05) is 13.8 Å². The third kappa shape index (κ3) is 8.70. The number of hydrogen-bond donors (Lipinski definition) is 0. The van der Waals surface area contributed by atoms with E-state index in [-0.39, 0.29) is 35.5 Å². The molecule has 0 aliphatic carbocycles. The van der Waals surface area contributed by atoms with Crippen LogP contribution in [-0.4, -0.2) is 24.9 Å². The summed E-state index contributed by atoms with van der Waals surface area (Å²) in [5, 5.41) is 0. The van der Waals surface area contributed by atoms with Crippen molar-refractivity contribution in [2.75, 3.05) is 5.94 Å². The smallest absolute Gasteiger partial charge is 0.745 e. The van der Waals surface area contributed by atoms with Crippen LogP contribution >= 0.6 is 0 Å². The molecular formula is C6H11NaO5S. The number of ether oxygens (including phenoxy) is 1. The van der Waals surface area contributed by atoms with E-state index in [9.17, 15) is 17.8 Å². The minimum atomic E-state index is -4.45. The maximum absolute atomic E-state index is 10.8. The third-order valence-electron chi connectivity index (χ3n) is 1.36. The van der Waals surface area contributed by atoms with Crippen molar-refractivity contribution in [2.45, 2.75) is 20.3 Å². The van der Waals surface area contributed by atoms with Crippen LogP contribution in [0.3, 0.4) is 0 Å². The molecule has 0 aliphatic heterocycles. The van der Waals surface area contributed by atoms with Crippen LogP contribution in [0, 0.1) is 5.92 Å². The van der Waals surface area contributed by atoms with Crippen molar-refractivity contribution >= 4 is 16.1 Å². The summed E-state index contributed by atoms with van der Waals surface area (Å²) in [5.74, 6) is -2.10. The Labute approximate surface area is 99.9 Å². The average Bonchev–Trinajstić information content (AvgIpc) is 1.97. The standard InChI is InChI=1S/C6H12O5S.Na/c1-3-5(2)6(7)11-4-12(8,9)10;/h5H,3-4H2,1-2H3,(H,8,9,10);/q;+1/p-1. The molecule has 0 aromatic heterocycles. The first-order valence-corrected chi connectivity index (χ1v) is 5.04. The normalized spacial score (nSPS) is 12.8. The van der Waals surface area contributed by atoms with Crippen molar-refractivity contribution in [2.24, 2.45) is 5.92 Å². The van der Waals surface area contributed by atoms with E-state index >= 15 is 0 Å². The van der Waals surface area contributed by atoms with Crippen LogP contribution in [0.4, 0.5) is 0 Å². The molecule has 0 aliphatic rings. The first kappa shape index (κ1) is 15.8. The molecule has 0 heterocycles. The molecule has 1 unspecified atom stereocenters. The SMILES string of the molecule is CCC(C)C(=O)OCS(=O)(=O)[O-].[Na+]. The van der Waals surface area contributed by atoms with Crippen LogP contribution in [0.15, 0.2) is 0 Å². The minimum absolute atomic E-state index is 0. The van der Waals surface area contributed by atoms with Gasteiger partial charge in [0.25, 0.3) is 0 Å². The summed E-state index contributed by atoms with van der Waals surface area (Å²) < 4.78 is 34.3. The molecule has 0 N–H and O–H groups in total. The Bertz CT molecular complexity index is 248. The maximum Gasteiger partial charge on any atom is 1.00 e. The molecule has 0 rings (SSSR count). The summed E-state index contributed by atoms with van der Waals surface area (Å²) in [4.78, 5) is 10.8. The molecule has 1 atom stereocenters. The molecule has 13 heavy (non-hydrogen) atoms. The van der Waals surface area contributed by atoms with Crippen LogP contribution in [0.1, 0.15) is 20.3 Å². The van der Waals surface area contributed by atoms with Crippen LogP contribution < -0.4 is 29.6 Å². The van der Waals surface area contributed by atoms with E-state index in [1.165, 1.54) is 0 Å². The van der Waals surface area contributed by atoms with E-state index in [0.717, 1.165) is 0 Å². The minimum Gasteiger partial charge on any atom is -0.745 e. The topological polar surface area (TPSA) is 83.5 Å². The van der Waals surface area contributed by atoms with Crippen LogP contribution in [0.2, 0.25) is 0 Å². The molecule has 0 fully saturated rings. The molecule has 0 radical (unpaired) electrons. The predicted molar refractivity (Wildman–Crippen MR) is 40.1 cm³/mol. The van der Waals surface area contributed by atoms with Gasteiger partial charge in [0.15, 0.2) is 5.94 Å². The number of hydrogen-bond acceptors (Lipinski definition) is 5. The van der Waals surface area contributed by atoms with Crippen molar-refractivity contribution in [1.29, 1.82) is 0 Å². The Morgan fingerprint density at radius 1 is 1.54 bits per heavy atom. The largest absolute Gasteiger partial charge is 1.00 e. The summed E-state index contributed by atoms with van der Waals surface area (Å²) in [5.41, 5.74) is 0. The number of rotatable bonds is 4. The van der Waals surface area contributed by atoms with Crippen LogP contribution in [-0.2, 0) is 19.6 Å². The first-order valence-electron chi connectivity index (χ1n) is 3.47. The van der Waals surface area contributed by atoms with Crippen LogP contribution in [0.5, 0.6) is 0 Å². The maximum atomic E-state index is 10.8. The second-order valence-corrected chi connectivity index (χ2v) is 3.80. The fourth-order valence-corrected chi connectivity index (χ4v) is 0.700. The Balaban J connectivity index is 0. The fraction of sp³-hybridized carbons (Fsp3) is 0.833. The van der Waals surface area contributed by atoms with E-state index < -0.39 is 22.0 Å². The van der Waals surface area contributed by atoms with Gasteiger partial charge in [-0.15, -0.1) is 0 Å². The predicted octanol–water partition coefficient (Wildman–Crippen LogP) is -2.92. The zero-order chi connectivity index (χ0) is 9.78. The monoisotopic (exact) mass is 218 g/mol. The van der Waals surface area contributed by atoms with Gasteiger partial charge >= 0.3 is 35.5 Å². The van der Waals surface area contributed by atoms with Crippen molar-refractivity contribution in [3.63, 3.8) is 0 Å². The van der Waals surface area contributed by atoms with Gasteiger partial charge in [0.2, 0.25) is 0 Å². The second kappa shape index (κ2) is 6.78. The molecule has 0 saturated carbocycles. The molecule has 0 saturated heterocycles. The van der Waals surface area contributed by atoms with Crippen molar-refractivity contribution in [3.8, 4) is 0 Å². The number of carbonyl (C=O) groups is 1. The van der Waals surface area contributed by atoms with Gasteiger partial charge in [0.05, 0.1) is 5.92 Å². The second-order valence-electron chi connectivity index (χ2n) is 2.45. The van der Waals surface area contributed by atoms with Crippen molar-refractivity contribution in [1.82, 2.24) is 0 Å². The molecule has 7 heteroatoms. The van der Waals surface area contributed by atoms with Crippen molar-refractivity contribution in [3.05, 3.63) is 0 Å². The summed E-state index contributed by atoms with van der Waals surface area (Å²) in [6, 6.07) is 0. The van der Waals surface area contributed by atoms with Gasteiger partial charge in [-0.05, 0) is 6.42 Å². The van der Waals surface area contributed by atoms with Gasteiger partial charge in [-0.25, -0.2) is 8.42 Å². The molecule has 0 aromatic rings. The Morgan fingerprint density at radius 2 is 2.00 bits per heavy atom. The summed E-state index contributed by atoms with van der Waals surface area (Å²) in [6.45, 7) is 3.36. The molecule has 0 aromatic carbocycles.